The van der Waals surface area contributed by atoms with Gasteiger partial charge in [0.2, 0.25) is 5.88 Å². The van der Waals surface area contributed by atoms with Gasteiger partial charge in [0.1, 0.15) is 11.9 Å². The van der Waals surface area contributed by atoms with Crippen molar-refractivity contribution in [3.63, 3.8) is 0 Å². The molecule has 0 amide bonds. The van der Waals surface area contributed by atoms with Crippen molar-refractivity contribution >= 4 is 5.82 Å². The molecule has 1 aromatic carbocycles. The molecule has 5 rings (SSSR count). The smallest absolute Gasteiger partial charge is 0.213 e. The molecular formula is C27H32FN5O2. The topological polar surface area (TPSA) is 74.6 Å². The summed E-state index contributed by atoms with van der Waals surface area (Å²) in [4.78, 5) is 8.28. The molecule has 184 valence electrons. The number of nitrogens with zero attached hydrogens (tertiary/aromatic N) is 5. The molecule has 0 radical (unpaired) electrons. The number of fused-ring (bicyclic) bond motifs is 2. The van der Waals surface area contributed by atoms with Crippen LogP contribution in [0.5, 0.6) is 11.6 Å². The minimum absolute atomic E-state index is 0.0179. The molecule has 2 aliphatic rings. The quantitative estimate of drug-likeness (QED) is 0.570. The van der Waals surface area contributed by atoms with Crippen LogP contribution in [0, 0.1) is 0 Å². The van der Waals surface area contributed by atoms with E-state index in [9.17, 15) is 5.11 Å². The molecule has 0 spiro atoms. The van der Waals surface area contributed by atoms with E-state index in [1.165, 1.54) is 0 Å². The molecule has 1 N–H and O–H groups in total. The molecule has 2 aromatic heterocycles. The van der Waals surface area contributed by atoms with E-state index in [2.05, 4.69) is 27.0 Å². The highest BCUT2D eigenvalue weighted by Crippen LogP contribution is 2.51. The molecule has 2 bridgehead atoms. The predicted octanol–water partition coefficient (Wildman–Crippen LogP) is 4.71. The number of anilines is 1. The first-order valence-electron chi connectivity index (χ1n) is 11.9. The Bertz CT molecular complexity index is 1240. The molecule has 2 fully saturated rings. The fourth-order valence-corrected chi connectivity index (χ4v) is 5.79. The summed E-state index contributed by atoms with van der Waals surface area (Å²) in [6.45, 7) is 4.26. The Morgan fingerprint density at radius 3 is 2.54 bits per heavy atom. The van der Waals surface area contributed by atoms with Crippen molar-refractivity contribution in [3.05, 3.63) is 48.7 Å². The lowest BCUT2D eigenvalue weighted by molar-refractivity contribution is -0.0359. The van der Waals surface area contributed by atoms with Crippen LogP contribution in [0.1, 0.15) is 33.1 Å². The Hall–Kier alpha value is -3.26. The van der Waals surface area contributed by atoms with Gasteiger partial charge in [0.25, 0.3) is 0 Å². The summed E-state index contributed by atoms with van der Waals surface area (Å²) in [5.41, 5.74) is 2.37. The molecule has 2 aliphatic heterocycles. The van der Waals surface area contributed by atoms with Gasteiger partial charge in [-0.05, 0) is 81.6 Å². The maximum atomic E-state index is 15.7. The third kappa shape index (κ3) is 3.80. The second-order valence-electron chi connectivity index (χ2n) is 10.3. The van der Waals surface area contributed by atoms with Crippen molar-refractivity contribution in [2.24, 2.45) is 0 Å². The van der Waals surface area contributed by atoms with Crippen LogP contribution in [0.4, 0.5) is 10.2 Å². The number of benzene rings is 1. The van der Waals surface area contributed by atoms with E-state index in [4.69, 9.17) is 4.74 Å². The van der Waals surface area contributed by atoms with Crippen molar-refractivity contribution in [2.45, 2.75) is 56.4 Å². The van der Waals surface area contributed by atoms with Crippen LogP contribution in [0.3, 0.4) is 0 Å². The zero-order chi connectivity index (χ0) is 25.0. The van der Waals surface area contributed by atoms with Crippen LogP contribution in [0.15, 0.2) is 48.7 Å². The van der Waals surface area contributed by atoms with Crippen molar-refractivity contribution in [2.75, 3.05) is 26.1 Å². The van der Waals surface area contributed by atoms with Gasteiger partial charge in [0, 0.05) is 30.4 Å². The summed E-state index contributed by atoms with van der Waals surface area (Å²) in [7, 11) is 5.51. The largest absolute Gasteiger partial charge is 0.507 e. The van der Waals surface area contributed by atoms with E-state index in [1.807, 2.05) is 62.3 Å². The van der Waals surface area contributed by atoms with Crippen LogP contribution < -0.4 is 9.64 Å². The number of methoxy groups -OCH3 is 1. The molecule has 35 heavy (non-hydrogen) atoms. The number of aromatic hydroxyl groups is 1. The summed E-state index contributed by atoms with van der Waals surface area (Å²) in [5, 5.41) is 19.5. The Morgan fingerprint density at radius 1 is 1.09 bits per heavy atom. The van der Waals surface area contributed by atoms with Crippen LogP contribution in [0.2, 0.25) is 0 Å². The number of pyridine rings is 1. The van der Waals surface area contributed by atoms with Gasteiger partial charge in [-0.1, -0.05) is 6.07 Å². The first kappa shape index (κ1) is 23.5. The number of piperidine rings is 1. The number of aromatic nitrogens is 3. The van der Waals surface area contributed by atoms with E-state index in [0.29, 0.717) is 23.0 Å². The minimum atomic E-state index is -0.988. The van der Waals surface area contributed by atoms with Gasteiger partial charge in [-0.25, -0.2) is 9.37 Å². The highest BCUT2D eigenvalue weighted by atomic mass is 19.1. The average molecular weight is 478 g/mol. The molecule has 0 aliphatic carbocycles. The van der Waals surface area contributed by atoms with E-state index >= 15 is 4.39 Å². The number of hydrogen-bond acceptors (Lipinski definition) is 7. The highest BCUT2D eigenvalue weighted by molar-refractivity contribution is 5.74. The zero-order valence-electron chi connectivity index (χ0n) is 20.9. The van der Waals surface area contributed by atoms with Crippen molar-refractivity contribution in [1.29, 1.82) is 0 Å². The first-order chi connectivity index (χ1) is 16.7. The second-order valence-corrected chi connectivity index (χ2v) is 10.3. The number of phenols is 1. The summed E-state index contributed by atoms with van der Waals surface area (Å²) >= 11 is 0. The lowest BCUT2D eigenvalue weighted by atomic mass is 9.80. The molecule has 2 saturated heterocycles. The van der Waals surface area contributed by atoms with E-state index in [-0.39, 0.29) is 17.3 Å². The first-order valence-corrected chi connectivity index (χ1v) is 11.9. The maximum absolute atomic E-state index is 15.7. The zero-order valence-corrected chi connectivity index (χ0v) is 20.9. The lowest BCUT2D eigenvalue weighted by Gasteiger charge is -2.53. The average Bonchev–Trinajstić information content (AvgIpc) is 3.04. The van der Waals surface area contributed by atoms with Crippen molar-refractivity contribution in [3.8, 4) is 34.0 Å². The summed E-state index contributed by atoms with van der Waals surface area (Å²) in [5.74, 6) is 1.23. The maximum Gasteiger partial charge on any atom is 0.213 e. The third-order valence-corrected chi connectivity index (χ3v) is 8.39. The van der Waals surface area contributed by atoms with Crippen LogP contribution in [-0.4, -0.2) is 69.7 Å². The molecule has 0 unspecified atom stereocenters. The minimum Gasteiger partial charge on any atom is -0.507 e. The van der Waals surface area contributed by atoms with Gasteiger partial charge in [0.15, 0.2) is 5.82 Å². The van der Waals surface area contributed by atoms with Crippen LogP contribution in [0.25, 0.3) is 22.4 Å². The predicted molar refractivity (Wildman–Crippen MR) is 134 cm³/mol. The van der Waals surface area contributed by atoms with Gasteiger partial charge < -0.3 is 14.7 Å². The second kappa shape index (κ2) is 8.45. The lowest BCUT2D eigenvalue weighted by Crippen LogP contribution is -2.66. The standard InChI is InChI=1S/C27H32FN5O2/c1-26-11-12-27(2,33(26)4)25(28)21(16-26)32(3)23-9-8-20(30-31-23)19-7-6-17(14-22(19)34)18-10-13-29-24(15-18)35-5/h6-10,13-15,21,25,34H,11-12,16H2,1-5H3/t21-,25-,26-,27+/m0/s1. The molecule has 8 heteroatoms. The Labute approximate surface area is 205 Å². The summed E-state index contributed by atoms with van der Waals surface area (Å²) in [6.07, 6.45) is 3.27. The number of rotatable bonds is 5. The molecule has 7 nitrogen and oxygen atoms in total. The molecule has 4 heterocycles. The van der Waals surface area contributed by atoms with Crippen LogP contribution in [-0.2, 0) is 0 Å². The van der Waals surface area contributed by atoms with Gasteiger partial charge in [-0.3, -0.25) is 4.90 Å². The number of halogens is 1. The van der Waals surface area contributed by atoms with E-state index < -0.39 is 11.7 Å². The number of ether oxygens (including phenoxy) is 1. The van der Waals surface area contributed by atoms with Gasteiger partial charge in [0.05, 0.1) is 24.4 Å². The Balaban J connectivity index is 1.37. The molecule has 4 atom stereocenters. The summed E-state index contributed by atoms with van der Waals surface area (Å²) in [6, 6.07) is 12.5. The highest BCUT2D eigenvalue weighted by Gasteiger charge is 2.60. The molecule has 0 saturated carbocycles. The SMILES string of the molecule is COc1cc(-c2ccc(-c3ccc(N(C)[C@H]4C[C@]5(C)CC[C@](C)([C@H]4F)N5C)nn3)c(O)c2)ccn1. The third-order valence-electron chi connectivity index (χ3n) is 8.39. The van der Waals surface area contributed by atoms with E-state index in [0.717, 1.165) is 30.4 Å². The number of phenolic OH excluding ortho intramolecular Hbond substituents is 1. The Morgan fingerprint density at radius 2 is 1.86 bits per heavy atom. The molecular weight excluding hydrogens is 445 g/mol. The van der Waals surface area contributed by atoms with Crippen molar-refractivity contribution < 1.29 is 14.2 Å². The van der Waals surface area contributed by atoms with Gasteiger partial charge in [-0.15, -0.1) is 10.2 Å². The summed E-state index contributed by atoms with van der Waals surface area (Å²) < 4.78 is 20.9. The number of hydrogen-bond donors (Lipinski definition) is 1. The monoisotopic (exact) mass is 477 g/mol. The fourth-order valence-electron chi connectivity index (χ4n) is 5.79. The van der Waals surface area contributed by atoms with Gasteiger partial charge >= 0.3 is 0 Å². The molecule has 3 aromatic rings. The van der Waals surface area contributed by atoms with Crippen LogP contribution >= 0.6 is 0 Å². The van der Waals surface area contributed by atoms with Crippen molar-refractivity contribution in [1.82, 2.24) is 20.1 Å². The normalized spacial score (nSPS) is 28.2. The van der Waals surface area contributed by atoms with E-state index in [1.54, 1.807) is 19.4 Å². The number of alkyl halides is 1. The fraction of sp³-hybridized carbons (Fsp3) is 0.444. The van der Waals surface area contributed by atoms with Gasteiger partial charge in [-0.2, -0.15) is 0 Å². The Kier molecular flexibility index (Phi) is 5.67.